The topological polar surface area (TPSA) is 95.1 Å². The highest BCUT2D eigenvalue weighted by Gasteiger charge is 2.16. The van der Waals surface area contributed by atoms with Crippen molar-refractivity contribution in [2.45, 2.75) is 32.7 Å². The van der Waals surface area contributed by atoms with Crippen LogP contribution < -0.4 is 11.1 Å². The number of ether oxygens (including phenoxy) is 1. The highest BCUT2D eigenvalue weighted by atomic mass is 16.5. The van der Waals surface area contributed by atoms with Crippen molar-refractivity contribution in [3.63, 3.8) is 0 Å². The van der Waals surface area contributed by atoms with Gasteiger partial charge in [0.2, 0.25) is 5.91 Å². The normalized spacial score (nSPS) is 11.9. The van der Waals surface area contributed by atoms with E-state index in [4.69, 9.17) is 15.5 Å². The predicted octanol–water partition coefficient (Wildman–Crippen LogP) is 3.38. The molecule has 3 rings (SSSR count). The molecular weight excluding hydrogens is 378 g/mol. The summed E-state index contributed by atoms with van der Waals surface area (Å²) < 4.78 is 7.49. The fourth-order valence-corrected chi connectivity index (χ4v) is 3.45. The van der Waals surface area contributed by atoms with Gasteiger partial charge in [0.05, 0.1) is 17.6 Å². The second-order valence-corrected chi connectivity index (χ2v) is 7.02. The Labute approximate surface area is 176 Å². The summed E-state index contributed by atoms with van der Waals surface area (Å²) in [5.41, 5.74) is 8.83. The van der Waals surface area contributed by atoms with E-state index >= 15 is 0 Å². The van der Waals surface area contributed by atoms with Gasteiger partial charge in [0.15, 0.2) is 5.82 Å². The number of nitrogen functional groups attached to an aromatic ring is 1. The molecule has 0 radical (unpaired) electrons. The van der Waals surface area contributed by atoms with Gasteiger partial charge < -0.3 is 20.4 Å². The van der Waals surface area contributed by atoms with Gasteiger partial charge in [0, 0.05) is 38.1 Å². The number of carbonyl (C=O) groups is 1. The monoisotopic (exact) mass is 407 g/mol. The number of nitrogens with zero attached hydrogens (tertiary/aromatic N) is 3. The number of pyridine rings is 1. The smallest absolute Gasteiger partial charge is 0.243 e. The lowest BCUT2D eigenvalue weighted by atomic mass is 10.2. The molecule has 3 aromatic rings. The summed E-state index contributed by atoms with van der Waals surface area (Å²) in [7, 11) is 1.69. The number of anilines is 1. The fourth-order valence-electron chi connectivity index (χ4n) is 3.45. The molecule has 0 saturated carbocycles. The van der Waals surface area contributed by atoms with Crippen LogP contribution in [0, 0.1) is 0 Å². The lowest BCUT2D eigenvalue weighted by Gasteiger charge is -2.11. The molecule has 158 valence electrons. The van der Waals surface area contributed by atoms with Crippen LogP contribution in [0.1, 0.15) is 25.6 Å². The first-order valence-corrected chi connectivity index (χ1v) is 10.2. The van der Waals surface area contributed by atoms with Crippen molar-refractivity contribution in [2.75, 3.05) is 26.0 Å². The molecule has 0 fully saturated rings. The standard InChI is InChI=1S/C23H29N5O2/c1-3-4-5-12-20(29)25-14-8-9-15-28-19(13-16-30-2)27-21-22(28)17-10-6-7-11-18(17)26-23(21)24/h3-7,10-12H,8-9,13-16H2,1-2H3,(H2,24,26)(H,25,29)/b4-3+,12-5+. The van der Waals surface area contributed by atoms with Crippen LogP contribution in [0.4, 0.5) is 5.82 Å². The van der Waals surface area contributed by atoms with E-state index in [9.17, 15) is 4.79 Å². The molecule has 0 spiro atoms. The van der Waals surface area contributed by atoms with Crippen molar-refractivity contribution in [1.29, 1.82) is 0 Å². The minimum absolute atomic E-state index is 0.0770. The molecule has 0 bridgehead atoms. The summed E-state index contributed by atoms with van der Waals surface area (Å²) >= 11 is 0. The van der Waals surface area contributed by atoms with Crippen molar-refractivity contribution in [3.05, 3.63) is 54.4 Å². The van der Waals surface area contributed by atoms with Crippen LogP contribution in [-0.2, 0) is 22.5 Å². The Morgan fingerprint density at radius 1 is 1.23 bits per heavy atom. The number of methoxy groups -OCH3 is 1. The first-order valence-electron chi connectivity index (χ1n) is 10.2. The zero-order valence-electron chi connectivity index (χ0n) is 17.6. The third-order valence-electron chi connectivity index (χ3n) is 4.88. The number of imidazole rings is 1. The Morgan fingerprint density at radius 3 is 2.87 bits per heavy atom. The summed E-state index contributed by atoms with van der Waals surface area (Å²) in [4.78, 5) is 21.0. The van der Waals surface area contributed by atoms with Crippen molar-refractivity contribution >= 4 is 33.7 Å². The van der Waals surface area contributed by atoms with Gasteiger partial charge in [-0.2, -0.15) is 0 Å². The van der Waals surface area contributed by atoms with Crippen LogP contribution in [0.15, 0.2) is 48.6 Å². The van der Waals surface area contributed by atoms with Gasteiger partial charge in [-0.05, 0) is 25.8 Å². The molecule has 0 unspecified atom stereocenters. The molecule has 2 aromatic heterocycles. The van der Waals surface area contributed by atoms with Gasteiger partial charge in [-0.3, -0.25) is 4.79 Å². The summed E-state index contributed by atoms with van der Waals surface area (Å²) in [6, 6.07) is 7.98. The predicted molar refractivity (Wildman–Crippen MR) is 121 cm³/mol. The maximum absolute atomic E-state index is 11.8. The third-order valence-corrected chi connectivity index (χ3v) is 4.88. The number of benzene rings is 1. The van der Waals surface area contributed by atoms with Crippen LogP contribution in [0.25, 0.3) is 21.9 Å². The number of carbonyl (C=O) groups excluding carboxylic acids is 1. The van der Waals surface area contributed by atoms with E-state index < -0.39 is 0 Å². The molecule has 7 nitrogen and oxygen atoms in total. The molecule has 30 heavy (non-hydrogen) atoms. The maximum Gasteiger partial charge on any atom is 0.243 e. The zero-order valence-corrected chi connectivity index (χ0v) is 17.6. The van der Waals surface area contributed by atoms with Crippen LogP contribution >= 0.6 is 0 Å². The van der Waals surface area contributed by atoms with Crippen LogP contribution in [0.3, 0.4) is 0 Å². The molecule has 3 N–H and O–H groups in total. The number of aryl methyl sites for hydroxylation is 1. The minimum Gasteiger partial charge on any atom is -0.384 e. The molecule has 0 saturated heterocycles. The number of allylic oxidation sites excluding steroid dienone is 3. The quantitative estimate of drug-likeness (QED) is 0.305. The number of nitrogens with one attached hydrogen (secondary N) is 1. The number of hydrogen-bond acceptors (Lipinski definition) is 5. The fraction of sp³-hybridized carbons (Fsp3) is 0.348. The Bertz CT molecular complexity index is 1070. The third kappa shape index (κ3) is 5.04. The lowest BCUT2D eigenvalue weighted by Crippen LogP contribution is -2.22. The number of fused-ring (bicyclic) bond motifs is 3. The maximum atomic E-state index is 11.8. The summed E-state index contributed by atoms with van der Waals surface area (Å²) in [6.07, 6.45) is 9.45. The SMILES string of the molecule is C/C=C/C=C/C(=O)NCCCCn1c(CCOC)nc2c(N)nc3ccccc3c21. The average molecular weight is 408 g/mol. The van der Waals surface area contributed by atoms with Crippen LogP contribution in [-0.4, -0.2) is 40.7 Å². The molecular formula is C23H29N5O2. The van der Waals surface area contributed by atoms with Crippen molar-refractivity contribution in [1.82, 2.24) is 19.9 Å². The van der Waals surface area contributed by atoms with Crippen molar-refractivity contribution in [2.24, 2.45) is 0 Å². The molecule has 1 aromatic carbocycles. The first kappa shape index (κ1) is 21.5. The van der Waals surface area contributed by atoms with Gasteiger partial charge in [0.1, 0.15) is 11.3 Å². The molecule has 0 aliphatic heterocycles. The minimum atomic E-state index is -0.0770. The number of rotatable bonds is 10. The second-order valence-electron chi connectivity index (χ2n) is 7.02. The Kier molecular flexibility index (Phi) is 7.57. The lowest BCUT2D eigenvalue weighted by molar-refractivity contribution is -0.116. The molecule has 0 atom stereocenters. The Morgan fingerprint density at radius 2 is 2.07 bits per heavy atom. The van der Waals surface area contributed by atoms with Gasteiger partial charge in [0.25, 0.3) is 0 Å². The van der Waals surface area contributed by atoms with E-state index in [1.165, 1.54) is 6.08 Å². The van der Waals surface area contributed by atoms with Gasteiger partial charge in [-0.25, -0.2) is 9.97 Å². The number of nitrogens with two attached hydrogens (primary N) is 1. The van der Waals surface area contributed by atoms with Crippen molar-refractivity contribution < 1.29 is 9.53 Å². The number of aromatic nitrogens is 3. The van der Waals surface area contributed by atoms with E-state index in [0.717, 1.165) is 47.1 Å². The number of para-hydroxylation sites is 1. The number of hydrogen-bond donors (Lipinski definition) is 2. The summed E-state index contributed by atoms with van der Waals surface area (Å²) in [5.74, 6) is 1.31. The first-order chi connectivity index (χ1) is 14.7. The van der Waals surface area contributed by atoms with Crippen LogP contribution in [0.2, 0.25) is 0 Å². The molecule has 0 aliphatic carbocycles. The average Bonchev–Trinajstić information content (AvgIpc) is 3.11. The molecule has 1 amide bonds. The van der Waals surface area contributed by atoms with E-state index in [1.54, 1.807) is 13.2 Å². The van der Waals surface area contributed by atoms with Crippen LogP contribution in [0.5, 0.6) is 0 Å². The van der Waals surface area contributed by atoms with E-state index in [0.29, 0.717) is 25.4 Å². The Hall–Kier alpha value is -3.19. The van der Waals surface area contributed by atoms with E-state index in [-0.39, 0.29) is 5.91 Å². The second kappa shape index (κ2) is 10.5. The number of amides is 1. The largest absolute Gasteiger partial charge is 0.384 e. The highest BCUT2D eigenvalue weighted by Crippen LogP contribution is 2.29. The molecule has 2 heterocycles. The summed E-state index contributed by atoms with van der Waals surface area (Å²) in [6.45, 7) is 3.91. The molecule has 7 heteroatoms. The van der Waals surface area contributed by atoms with Gasteiger partial charge >= 0.3 is 0 Å². The van der Waals surface area contributed by atoms with E-state index in [2.05, 4.69) is 20.9 Å². The zero-order chi connectivity index (χ0) is 21.3. The van der Waals surface area contributed by atoms with Gasteiger partial charge in [-0.1, -0.05) is 36.4 Å². The number of unbranched alkanes of at least 4 members (excludes halogenated alkanes) is 1. The summed E-state index contributed by atoms with van der Waals surface area (Å²) in [5, 5.41) is 3.95. The van der Waals surface area contributed by atoms with E-state index in [1.807, 2.05) is 37.3 Å². The molecule has 0 aliphatic rings. The van der Waals surface area contributed by atoms with Gasteiger partial charge in [-0.15, -0.1) is 0 Å². The van der Waals surface area contributed by atoms with Crippen molar-refractivity contribution in [3.8, 4) is 0 Å². The highest BCUT2D eigenvalue weighted by molar-refractivity contribution is 6.06. The Balaban J connectivity index is 1.77.